The average molecular weight is 234 g/mol. The standard InChI is InChI=1S/C13H14O2S/c1-9-8-12(16-7-6-13(14)15)11-5-3-2-4-10(9)11/h2-5,8-9H,6-7H2,1H3,(H,14,15). The molecule has 16 heavy (non-hydrogen) atoms. The van der Waals surface area contributed by atoms with Crippen LogP contribution in [0.25, 0.3) is 4.91 Å². The zero-order valence-corrected chi connectivity index (χ0v) is 9.96. The zero-order valence-electron chi connectivity index (χ0n) is 9.14. The van der Waals surface area contributed by atoms with Crippen LogP contribution in [0.3, 0.4) is 0 Å². The second-order valence-corrected chi connectivity index (χ2v) is 5.04. The molecule has 0 saturated heterocycles. The molecule has 2 rings (SSSR count). The van der Waals surface area contributed by atoms with E-state index in [1.165, 1.54) is 16.0 Å². The molecule has 1 atom stereocenters. The van der Waals surface area contributed by atoms with Crippen LogP contribution >= 0.6 is 11.8 Å². The summed E-state index contributed by atoms with van der Waals surface area (Å²) in [5.74, 6) is 0.360. The molecule has 3 heteroatoms. The number of carboxylic acid groups (broad SMARTS) is 1. The van der Waals surface area contributed by atoms with Crippen LogP contribution in [0.5, 0.6) is 0 Å². The molecule has 0 fully saturated rings. The zero-order chi connectivity index (χ0) is 11.5. The number of aliphatic carboxylic acids is 1. The van der Waals surface area contributed by atoms with E-state index in [4.69, 9.17) is 5.11 Å². The lowest BCUT2D eigenvalue weighted by molar-refractivity contribution is -0.136. The Bertz CT molecular complexity index is 437. The highest BCUT2D eigenvalue weighted by atomic mass is 32.2. The van der Waals surface area contributed by atoms with Crippen molar-refractivity contribution < 1.29 is 9.90 Å². The maximum atomic E-state index is 10.5. The van der Waals surface area contributed by atoms with Crippen molar-refractivity contribution in [1.29, 1.82) is 0 Å². The van der Waals surface area contributed by atoms with E-state index in [1.807, 2.05) is 12.1 Å². The summed E-state index contributed by atoms with van der Waals surface area (Å²) in [5, 5.41) is 8.60. The van der Waals surface area contributed by atoms with E-state index >= 15 is 0 Å². The summed E-state index contributed by atoms with van der Waals surface area (Å²) in [6.07, 6.45) is 2.44. The van der Waals surface area contributed by atoms with Gasteiger partial charge in [-0.2, -0.15) is 0 Å². The average Bonchev–Trinajstić information content (AvgIpc) is 2.57. The Morgan fingerprint density at radius 3 is 2.94 bits per heavy atom. The molecule has 0 aromatic heterocycles. The number of allylic oxidation sites excluding steroid dienone is 1. The summed E-state index contributed by atoms with van der Waals surface area (Å²) in [4.78, 5) is 11.7. The van der Waals surface area contributed by atoms with E-state index in [9.17, 15) is 4.79 Å². The van der Waals surface area contributed by atoms with Crippen molar-refractivity contribution in [2.24, 2.45) is 0 Å². The van der Waals surface area contributed by atoms with Gasteiger partial charge in [0.25, 0.3) is 0 Å². The summed E-state index contributed by atoms with van der Waals surface area (Å²) in [5.41, 5.74) is 2.62. The largest absolute Gasteiger partial charge is 0.481 e. The number of rotatable bonds is 4. The van der Waals surface area contributed by atoms with Crippen LogP contribution in [0.2, 0.25) is 0 Å². The first kappa shape index (κ1) is 11.3. The Balaban J connectivity index is 2.07. The molecule has 84 valence electrons. The summed E-state index contributed by atoms with van der Waals surface area (Å²) >= 11 is 1.64. The summed E-state index contributed by atoms with van der Waals surface area (Å²) in [7, 11) is 0. The van der Waals surface area contributed by atoms with Gasteiger partial charge >= 0.3 is 5.97 Å². The second-order valence-electron chi connectivity index (χ2n) is 3.90. The second kappa shape index (κ2) is 4.74. The number of hydrogen-bond donors (Lipinski definition) is 1. The third-order valence-electron chi connectivity index (χ3n) is 2.69. The van der Waals surface area contributed by atoms with Crippen LogP contribution in [0.15, 0.2) is 30.3 Å². The third-order valence-corrected chi connectivity index (χ3v) is 3.77. The van der Waals surface area contributed by atoms with Crippen LogP contribution in [0.1, 0.15) is 30.4 Å². The number of fused-ring (bicyclic) bond motifs is 1. The van der Waals surface area contributed by atoms with Gasteiger partial charge in [0.1, 0.15) is 0 Å². The summed E-state index contributed by atoms with van der Waals surface area (Å²) in [6.45, 7) is 2.17. The van der Waals surface area contributed by atoms with Gasteiger partial charge in [-0.3, -0.25) is 4.79 Å². The van der Waals surface area contributed by atoms with E-state index in [-0.39, 0.29) is 6.42 Å². The minimum absolute atomic E-state index is 0.221. The summed E-state index contributed by atoms with van der Waals surface area (Å²) < 4.78 is 0. The van der Waals surface area contributed by atoms with Crippen LogP contribution < -0.4 is 0 Å². The topological polar surface area (TPSA) is 37.3 Å². The first-order valence-electron chi connectivity index (χ1n) is 5.34. The molecule has 0 heterocycles. The molecule has 0 amide bonds. The molecule has 0 spiro atoms. The smallest absolute Gasteiger partial charge is 0.304 e. The van der Waals surface area contributed by atoms with E-state index in [0.717, 1.165) is 0 Å². The van der Waals surface area contributed by atoms with Crippen molar-refractivity contribution in [3.8, 4) is 0 Å². The molecular formula is C13H14O2S. The Labute approximate surface area is 99.4 Å². The molecule has 2 nitrogen and oxygen atoms in total. The molecule has 0 saturated carbocycles. The lowest BCUT2D eigenvalue weighted by Gasteiger charge is -2.05. The molecule has 0 bridgehead atoms. The first-order chi connectivity index (χ1) is 7.68. The quantitative estimate of drug-likeness (QED) is 0.868. The van der Waals surface area contributed by atoms with Gasteiger partial charge in [0.2, 0.25) is 0 Å². The van der Waals surface area contributed by atoms with Crippen LogP contribution in [0.4, 0.5) is 0 Å². The van der Waals surface area contributed by atoms with Gasteiger partial charge in [-0.15, -0.1) is 11.8 Å². The lowest BCUT2D eigenvalue weighted by atomic mass is 10.0. The van der Waals surface area contributed by atoms with E-state index in [2.05, 4.69) is 25.1 Å². The van der Waals surface area contributed by atoms with Crippen molar-refractivity contribution in [1.82, 2.24) is 0 Å². The highest BCUT2D eigenvalue weighted by Gasteiger charge is 2.19. The van der Waals surface area contributed by atoms with Crippen molar-refractivity contribution in [2.45, 2.75) is 19.3 Å². The van der Waals surface area contributed by atoms with Gasteiger partial charge in [-0.25, -0.2) is 0 Å². The SMILES string of the molecule is CC1C=C(SCCC(=O)O)c2ccccc21. The molecule has 1 aliphatic carbocycles. The van der Waals surface area contributed by atoms with Gasteiger partial charge in [0.15, 0.2) is 0 Å². The summed E-state index contributed by atoms with van der Waals surface area (Å²) in [6, 6.07) is 8.33. The van der Waals surface area contributed by atoms with E-state index in [1.54, 1.807) is 11.8 Å². The minimum Gasteiger partial charge on any atom is -0.481 e. The monoisotopic (exact) mass is 234 g/mol. The molecule has 0 radical (unpaired) electrons. The molecule has 1 aromatic carbocycles. The Kier molecular flexibility index (Phi) is 3.34. The number of hydrogen-bond acceptors (Lipinski definition) is 2. The van der Waals surface area contributed by atoms with Crippen molar-refractivity contribution in [3.05, 3.63) is 41.5 Å². The molecule has 1 aliphatic rings. The van der Waals surface area contributed by atoms with Crippen molar-refractivity contribution in [2.75, 3.05) is 5.75 Å². The van der Waals surface area contributed by atoms with Gasteiger partial charge in [0.05, 0.1) is 6.42 Å². The highest BCUT2D eigenvalue weighted by Crippen LogP contribution is 2.41. The molecule has 1 unspecified atom stereocenters. The fourth-order valence-corrected chi connectivity index (χ4v) is 3.04. The van der Waals surface area contributed by atoms with E-state index in [0.29, 0.717) is 11.7 Å². The Morgan fingerprint density at radius 2 is 2.19 bits per heavy atom. The number of thioether (sulfide) groups is 1. The predicted molar refractivity (Wildman–Crippen MR) is 67.5 cm³/mol. The molecular weight excluding hydrogens is 220 g/mol. The maximum Gasteiger partial charge on any atom is 0.304 e. The number of carbonyl (C=O) groups is 1. The third kappa shape index (κ3) is 2.30. The van der Waals surface area contributed by atoms with Crippen LogP contribution in [-0.2, 0) is 4.79 Å². The Morgan fingerprint density at radius 1 is 1.44 bits per heavy atom. The lowest BCUT2D eigenvalue weighted by Crippen LogP contribution is -1.95. The highest BCUT2D eigenvalue weighted by molar-refractivity contribution is 8.08. The van der Waals surface area contributed by atoms with Gasteiger partial charge in [-0.1, -0.05) is 37.3 Å². The fraction of sp³-hybridized carbons (Fsp3) is 0.308. The van der Waals surface area contributed by atoms with E-state index < -0.39 is 5.97 Å². The number of carboxylic acids is 1. The van der Waals surface area contributed by atoms with Crippen molar-refractivity contribution in [3.63, 3.8) is 0 Å². The van der Waals surface area contributed by atoms with Gasteiger partial charge in [0, 0.05) is 16.6 Å². The first-order valence-corrected chi connectivity index (χ1v) is 6.33. The normalized spacial score (nSPS) is 18.1. The van der Waals surface area contributed by atoms with Gasteiger partial charge < -0.3 is 5.11 Å². The minimum atomic E-state index is -0.729. The molecule has 1 aromatic rings. The van der Waals surface area contributed by atoms with Crippen LogP contribution in [0, 0.1) is 0 Å². The number of benzene rings is 1. The fourth-order valence-electron chi connectivity index (χ4n) is 1.90. The molecule has 1 N–H and O–H groups in total. The maximum absolute atomic E-state index is 10.5. The van der Waals surface area contributed by atoms with Crippen LogP contribution in [-0.4, -0.2) is 16.8 Å². The molecule has 0 aliphatic heterocycles. The predicted octanol–water partition coefficient (Wildman–Crippen LogP) is 3.35. The van der Waals surface area contributed by atoms with Gasteiger partial charge in [-0.05, 0) is 11.1 Å². The Hall–Kier alpha value is -1.22. The van der Waals surface area contributed by atoms with Crippen molar-refractivity contribution >= 4 is 22.6 Å².